The summed E-state index contributed by atoms with van der Waals surface area (Å²) in [6.45, 7) is 2.05. The van der Waals surface area contributed by atoms with Crippen molar-refractivity contribution in [3.8, 4) is 0 Å². The Balaban J connectivity index is 1.32. The minimum Gasteiger partial charge on any atom is -0.369 e. The second-order valence-corrected chi connectivity index (χ2v) is 12.8. The molecule has 1 fully saturated rings. The van der Waals surface area contributed by atoms with Crippen LogP contribution in [0.1, 0.15) is 34.0 Å². The van der Waals surface area contributed by atoms with E-state index in [1.807, 2.05) is 22.8 Å². The lowest BCUT2D eigenvalue weighted by atomic mass is 9.83. The first kappa shape index (κ1) is 28.0. The quantitative estimate of drug-likeness (QED) is 0.309. The van der Waals surface area contributed by atoms with Crippen molar-refractivity contribution in [2.45, 2.75) is 30.3 Å². The third-order valence-corrected chi connectivity index (χ3v) is 9.45. The molecule has 0 unspecified atom stereocenters. The maximum Gasteiger partial charge on any atom is 0.261 e. The number of nitrogens with one attached hydrogen (secondary N) is 2. The minimum absolute atomic E-state index is 0.0163. The van der Waals surface area contributed by atoms with Crippen molar-refractivity contribution < 1.29 is 17.6 Å². The van der Waals surface area contributed by atoms with Crippen molar-refractivity contribution in [2.75, 3.05) is 22.7 Å². The third-order valence-electron chi connectivity index (χ3n) is 7.81. The summed E-state index contributed by atoms with van der Waals surface area (Å²) < 4.78 is 44.7. The molecule has 3 heterocycles. The molecule has 2 N–H and O–H groups in total. The number of piperidine rings is 1. The van der Waals surface area contributed by atoms with Crippen molar-refractivity contribution in [3.63, 3.8) is 0 Å². The molecule has 0 saturated carbocycles. The second kappa shape index (κ2) is 11.3. The van der Waals surface area contributed by atoms with Crippen LogP contribution in [0.4, 0.5) is 15.8 Å². The van der Waals surface area contributed by atoms with Gasteiger partial charge in [-0.25, -0.2) is 12.8 Å². The van der Waals surface area contributed by atoms with E-state index in [0.29, 0.717) is 30.3 Å². The van der Waals surface area contributed by atoms with E-state index >= 15 is 0 Å². The predicted octanol–water partition coefficient (Wildman–Crippen LogP) is 5.00. The molecule has 216 valence electrons. The van der Waals surface area contributed by atoms with Gasteiger partial charge in [0.15, 0.2) is 0 Å². The van der Waals surface area contributed by atoms with E-state index in [1.54, 1.807) is 36.4 Å². The molecule has 2 aliphatic heterocycles. The highest BCUT2D eigenvalue weighted by atomic mass is 35.5. The number of aromatic nitrogens is 1. The van der Waals surface area contributed by atoms with Crippen molar-refractivity contribution in [3.05, 3.63) is 123 Å². The molecule has 2 atom stereocenters. The first-order valence-electron chi connectivity index (χ1n) is 13.6. The van der Waals surface area contributed by atoms with Crippen LogP contribution >= 0.6 is 11.6 Å². The van der Waals surface area contributed by atoms with Gasteiger partial charge in [-0.15, -0.1) is 0 Å². The highest BCUT2D eigenvalue weighted by Gasteiger charge is 2.35. The summed E-state index contributed by atoms with van der Waals surface area (Å²) in [6.07, 6.45) is 0.932. The van der Waals surface area contributed by atoms with E-state index in [1.165, 1.54) is 18.2 Å². The number of halogens is 2. The summed E-state index contributed by atoms with van der Waals surface area (Å²) in [7, 11) is -4.10. The maximum absolute atomic E-state index is 13.5. The topological polar surface area (TPSA) is 101 Å². The Bertz CT molecular complexity index is 1810. The molecule has 11 heteroatoms. The van der Waals surface area contributed by atoms with Crippen LogP contribution in [-0.4, -0.2) is 32.0 Å². The number of amides is 1. The lowest BCUT2D eigenvalue weighted by Gasteiger charge is -2.44. The monoisotopic (exact) mass is 606 g/mol. The number of hydrogen-bond donors (Lipinski definition) is 2. The number of pyridine rings is 1. The minimum atomic E-state index is -4.10. The molecule has 2 aliphatic rings. The Morgan fingerprint density at radius 1 is 0.952 bits per heavy atom. The molecular weight excluding hydrogens is 579 g/mol. The lowest BCUT2D eigenvalue weighted by Crippen LogP contribution is -2.47. The number of fused-ring (bicyclic) bond motifs is 4. The zero-order chi connectivity index (χ0) is 29.4. The van der Waals surface area contributed by atoms with Gasteiger partial charge >= 0.3 is 0 Å². The Kier molecular flexibility index (Phi) is 7.51. The zero-order valence-corrected chi connectivity index (χ0v) is 24.0. The summed E-state index contributed by atoms with van der Waals surface area (Å²) in [4.78, 5) is 27.6. The van der Waals surface area contributed by atoms with Crippen molar-refractivity contribution >= 4 is 38.9 Å². The molecular formula is C31H28ClFN4O4S. The number of hydrogen-bond acceptors (Lipinski definition) is 5. The molecule has 2 bridgehead atoms. The van der Waals surface area contributed by atoms with Crippen LogP contribution in [0.3, 0.4) is 0 Å². The van der Waals surface area contributed by atoms with E-state index in [9.17, 15) is 22.4 Å². The van der Waals surface area contributed by atoms with Crippen LogP contribution in [0.2, 0.25) is 5.02 Å². The van der Waals surface area contributed by atoms with E-state index in [2.05, 4.69) is 14.9 Å². The SMILES string of the molecule is O=C(NCc1ccc(Cl)cc1)c1ccc(N2C[C@H]3C[C@@H](C2)c2cccc(=O)n2C3)c(NS(=O)(=O)c2ccc(F)cc2)c1. The van der Waals surface area contributed by atoms with E-state index in [-0.39, 0.29) is 46.0 Å². The van der Waals surface area contributed by atoms with Crippen LogP contribution in [0.5, 0.6) is 0 Å². The maximum atomic E-state index is 13.5. The molecule has 1 saturated heterocycles. The summed E-state index contributed by atoms with van der Waals surface area (Å²) in [5, 5.41) is 3.46. The highest BCUT2D eigenvalue weighted by molar-refractivity contribution is 7.92. The third kappa shape index (κ3) is 5.77. The number of carbonyl (C=O) groups excluding carboxylic acids is 1. The number of rotatable bonds is 7. The van der Waals surface area contributed by atoms with Crippen LogP contribution in [-0.2, 0) is 23.1 Å². The standard InChI is InChI=1S/C31H28ClFN4O4S/c32-24-7-4-20(5-8-24)16-34-31(39)22-6-13-29(27(15-22)35-42(40,41)26-11-9-25(33)10-12-26)36-17-21-14-23(19-36)28-2-1-3-30(38)37(28)18-21/h1-13,15,21,23,35H,14,16-19H2,(H,34,39)/t21-,23+/m1/s1. The number of nitrogens with zero attached hydrogens (tertiary/aromatic N) is 2. The normalized spacial score (nSPS) is 17.8. The van der Waals surface area contributed by atoms with Crippen molar-refractivity contribution in [2.24, 2.45) is 5.92 Å². The summed E-state index contributed by atoms with van der Waals surface area (Å²) in [5.74, 6) is -0.633. The van der Waals surface area contributed by atoms with E-state index in [4.69, 9.17) is 11.6 Å². The Labute approximate surface area is 247 Å². The van der Waals surface area contributed by atoms with Crippen LogP contribution < -0.4 is 20.5 Å². The van der Waals surface area contributed by atoms with Gasteiger partial charge in [-0.05, 0) is 78.6 Å². The fraction of sp³-hybridized carbons (Fsp3) is 0.226. The smallest absolute Gasteiger partial charge is 0.261 e. The Morgan fingerprint density at radius 3 is 2.48 bits per heavy atom. The van der Waals surface area contributed by atoms with Gasteiger partial charge in [0.2, 0.25) is 0 Å². The fourth-order valence-corrected chi connectivity index (χ4v) is 7.02. The molecule has 4 aromatic rings. The van der Waals surface area contributed by atoms with Crippen LogP contribution in [0, 0.1) is 11.7 Å². The molecule has 8 nitrogen and oxygen atoms in total. The number of benzene rings is 3. The van der Waals surface area contributed by atoms with Gasteiger partial charge in [0, 0.05) is 54.4 Å². The van der Waals surface area contributed by atoms with Crippen molar-refractivity contribution in [1.29, 1.82) is 0 Å². The number of carbonyl (C=O) groups is 1. The molecule has 42 heavy (non-hydrogen) atoms. The molecule has 0 spiro atoms. The zero-order valence-electron chi connectivity index (χ0n) is 22.5. The summed E-state index contributed by atoms with van der Waals surface area (Å²) in [6, 6.07) is 21.9. The van der Waals surface area contributed by atoms with Crippen molar-refractivity contribution in [1.82, 2.24) is 9.88 Å². The van der Waals surface area contributed by atoms with Gasteiger partial charge in [-0.1, -0.05) is 29.8 Å². The molecule has 1 amide bonds. The highest BCUT2D eigenvalue weighted by Crippen LogP contribution is 2.39. The summed E-state index contributed by atoms with van der Waals surface area (Å²) >= 11 is 5.95. The Hall–Kier alpha value is -4.15. The average molecular weight is 607 g/mol. The van der Waals surface area contributed by atoms with Gasteiger partial charge in [-0.3, -0.25) is 14.3 Å². The molecule has 0 aliphatic carbocycles. The largest absolute Gasteiger partial charge is 0.369 e. The fourth-order valence-electron chi connectivity index (χ4n) is 5.83. The molecule has 1 aromatic heterocycles. The lowest BCUT2D eigenvalue weighted by molar-refractivity contribution is 0.0951. The summed E-state index contributed by atoms with van der Waals surface area (Å²) in [5.41, 5.74) is 2.95. The van der Waals surface area contributed by atoms with Gasteiger partial charge < -0.3 is 14.8 Å². The van der Waals surface area contributed by atoms with E-state index in [0.717, 1.165) is 29.8 Å². The Morgan fingerprint density at radius 2 is 1.71 bits per heavy atom. The first-order valence-corrected chi connectivity index (χ1v) is 15.4. The van der Waals surface area contributed by atoms with Crippen LogP contribution in [0.15, 0.2) is 94.6 Å². The van der Waals surface area contributed by atoms with Crippen LogP contribution in [0.25, 0.3) is 0 Å². The predicted molar refractivity (Wildman–Crippen MR) is 160 cm³/mol. The number of anilines is 2. The van der Waals surface area contributed by atoms with Gasteiger partial charge in [0.05, 0.1) is 16.3 Å². The van der Waals surface area contributed by atoms with E-state index < -0.39 is 15.8 Å². The average Bonchev–Trinajstić information content (AvgIpc) is 2.97. The number of sulfonamides is 1. The molecule has 0 radical (unpaired) electrons. The second-order valence-electron chi connectivity index (χ2n) is 10.7. The first-order chi connectivity index (χ1) is 20.2. The van der Waals surface area contributed by atoms with Gasteiger partial charge in [-0.2, -0.15) is 0 Å². The van der Waals surface area contributed by atoms with Gasteiger partial charge in [0.1, 0.15) is 5.82 Å². The van der Waals surface area contributed by atoms with Gasteiger partial charge in [0.25, 0.3) is 21.5 Å². The molecule has 3 aromatic carbocycles. The molecule has 6 rings (SSSR count).